The third kappa shape index (κ3) is 3.26. The second-order valence-electron chi connectivity index (χ2n) is 8.44. The Morgan fingerprint density at radius 1 is 0.967 bits per heavy atom. The van der Waals surface area contributed by atoms with Crippen LogP contribution in [0.3, 0.4) is 0 Å². The van der Waals surface area contributed by atoms with Gasteiger partial charge in [0.2, 0.25) is 0 Å². The molecule has 0 N–H and O–H groups in total. The molecule has 2 aliphatic rings. The van der Waals surface area contributed by atoms with E-state index in [1.54, 1.807) is 11.3 Å². The molecule has 6 nitrogen and oxygen atoms in total. The molecule has 0 atom stereocenters. The van der Waals surface area contributed by atoms with E-state index in [9.17, 15) is 0 Å². The van der Waals surface area contributed by atoms with E-state index in [1.165, 1.54) is 45.2 Å². The largest absolute Gasteiger partial charge is 0.348 e. The predicted molar refractivity (Wildman–Crippen MR) is 122 cm³/mol. The van der Waals surface area contributed by atoms with Gasteiger partial charge in [0.25, 0.3) is 0 Å². The summed E-state index contributed by atoms with van der Waals surface area (Å²) in [6, 6.07) is 11.2. The van der Waals surface area contributed by atoms with Crippen molar-refractivity contribution in [1.29, 1.82) is 0 Å². The summed E-state index contributed by atoms with van der Waals surface area (Å²) in [7, 11) is 0. The van der Waals surface area contributed by atoms with E-state index in [0.717, 1.165) is 51.4 Å². The van der Waals surface area contributed by atoms with Crippen molar-refractivity contribution >= 4 is 32.3 Å². The van der Waals surface area contributed by atoms with E-state index in [-0.39, 0.29) is 0 Å². The van der Waals surface area contributed by atoms with Crippen LogP contribution in [0, 0.1) is 0 Å². The first-order valence-corrected chi connectivity index (χ1v) is 11.9. The number of rotatable bonds is 3. The lowest BCUT2D eigenvalue weighted by atomic mass is 10.0. The number of hydrogen-bond acceptors (Lipinski definition) is 6. The minimum atomic E-state index is 0.759. The molecule has 0 unspecified atom stereocenters. The van der Waals surface area contributed by atoms with Crippen LogP contribution in [0.1, 0.15) is 32.1 Å². The first kappa shape index (κ1) is 18.3. The molecular weight excluding hydrogens is 392 g/mol. The van der Waals surface area contributed by atoms with Crippen molar-refractivity contribution in [2.24, 2.45) is 0 Å². The van der Waals surface area contributed by atoms with E-state index in [1.807, 2.05) is 23.0 Å². The molecule has 6 heterocycles. The van der Waals surface area contributed by atoms with Crippen LogP contribution in [0.25, 0.3) is 27.1 Å². The summed E-state index contributed by atoms with van der Waals surface area (Å²) in [5.74, 6) is 0. The zero-order valence-corrected chi connectivity index (χ0v) is 17.9. The SMILES string of the molecule is c1cc(-c2cnc3nc(N4CCC(N5CCCCC5)CC4)sc3c2)n2nccc2c1. The Hall–Kier alpha value is -2.51. The molecule has 6 rings (SSSR count). The van der Waals surface area contributed by atoms with Crippen LogP contribution in [0.2, 0.25) is 0 Å². The molecule has 7 heteroatoms. The quantitative estimate of drug-likeness (QED) is 0.492. The standard InChI is InChI=1S/C23H26N6S/c1-2-11-27(12-3-1)18-8-13-28(14-9-18)23-26-22-21(30-23)15-17(16-24-22)20-6-4-5-19-7-10-25-29(19)20/h4-7,10,15-16,18H,1-3,8-9,11-14H2. The lowest BCUT2D eigenvalue weighted by molar-refractivity contribution is 0.141. The summed E-state index contributed by atoms with van der Waals surface area (Å²) in [6.45, 7) is 4.78. The summed E-state index contributed by atoms with van der Waals surface area (Å²) in [6.07, 6.45) is 10.4. The molecule has 30 heavy (non-hydrogen) atoms. The van der Waals surface area contributed by atoms with Gasteiger partial charge in [-0.1, -0.05) is 23.8 Å². The fourth-order valence-electron chi connectivity index (χ4n) is 4.96. The van der Waals surface area contributed by atoms with Gasteiger partial charge in [0.1, 0.15) is 0 Å². The topological polar surface area (TPSA) is 49.6 Å². The van der Waals surface area contributed by atoms with Gasteiger partial charge >= 0.3 is 0 Å². The Bertz CT molecular complexity index is 1170. The van der Waals surface area contributed by atoms with Crippen LogP contribution in [-0.2, 0) is 0 Å². The minimum absolute atomic E-state index is 0.759. The highest BCUT2D eigenvalue weighted by Gasteiger charge is 2.27. The van der Waals surface area contributed by atoms with Gasteiger partial charge in [-0.2, -0.15) is 10.1 Å². The van der Waals surface area contributed by atoms with Crippen molar-refractivity contribution in [3.05, 3.63) is 42.7 Å². The van der Waals surface area contributed by atoms with Crippen molar-refractivity contribution < 1.29 is 0 Å². The lowest BCUT2D eigenvalue weighted by Crippen LogP contribution is -2.46. The maximum Gasteiger partial charge on any atom is 0.188 e. The van der Waals surface area contributed by atoms with Crippen molar-refractivity contribution in [1.82, 2.24) is 24.5 Å². The van der Waals surface area contributed by atoms with Crippen LogP contribution >= 0.6 is 11.3 Å². The fraction of sp³-hybridized carbons (Fsp3) is 0.435. The molecule has 4 aromatic rings. The highest BCUT2D eigenvalue weighted by molar-refractivity contribution is 7.22. The van der Waals surface area contributed by atoms with Crippen LogP contribution < -0.4 is 4.90 Å². The maximum absolute atomic E-state index is 4.86. The molecule has 0 spiro atoms. The van der Waals surface area contributed by atoms with Gasteiger partial charge in [-0.3, -0.25) is 0 Å². The van der Waals surface area contributed by atoms with Crippen molar-refractivity contribution in [3.8, 4) is 11.3 Å². The van der Waals surface area contributed by atoms with E-state index >= 15 is 0 Å². The predicted octanol–water partition coefficient (Wildman–Crippen LogP) is 4.46. The summed E-state index contributed by atoms with van der Waals surface area (Å²) in [5.41, 5.74) is 4.08. The number of likely N-dealkylation sites (tertiary alicyclic amines) is 1. The Kier molecular flexibility index (Phi) is 4.65. The zero-order valence-electron chi connectivity index (χ0n) is 17.1. The second-order valence-corrected chi connectivity index (χ2v) is 9.45. The van der Waals surface area contributed by atoms with Crippen molar-refractivity contribution in [2.75, 3.05) is 31.1 Å². The summed E-state index contributed by atoms with van der Waals surface area (Å²) in [5, 5.41) is 5.58. The Balaban J connectivity index is 1.23. The van der Waals surface area contributed by atoms with E-state index in [0.29, 0.717) is 0 Å². The molecule has 0 aromatic carbocycles. The van der Waals surface area contributed by atoms with Gasteiger partial charge < -0.3 is 9.80 Å². The Morgan fingerprint density at radius 2 is 1.83 bits per heavy atom. The smallest absolute Gasteiger partial charge is 0.188 e. The van der Waals surface area contributed by atoms with Gasteiger partial charge in [-0.05, 0) is 63.0 Å². The summed E-state index contributed by atoms with van der Waals surface area (Å²) < 4.78 is 3.11. The third-order valence-electron chi connectivity index (χ3n) is 6.59. The number of fused-ring (bicyclic) bond motifs is 2. The van der Waals surface area contributed by atoms with Crippen LogP contribution in [0.15, 0.2) is 42.7 Å². The van der Waals surface area contributed by atoms with E-state index in [2.05, 4.69) is 44.1 Å². The molecule has 0 saturated carbocycles. The monoisotopic (exact) mass is 418 g/mol. The maximum atomic E-state index is 4.86. The van der Waals surface area contributed by atoms with Gasteiger partial charge in [-0.25, -0.2) is 9.50 Å². The Labute approximate surface area is 180 Å². The fourth-order valence-corrected chi connectivity index (χ4v) is 5.97. The molecule has 2 saturated heterocycles. The number of thiazole rings is 1. The zero-order chi connectivity index (χ0) is 19.9. The van der Waals surface area contributed by atoms with Crippen LogP contribution in [0.5, 0.6) is 0 Å². The molecule has 2 fully saturated rings. The number of piperidine rings is 2. The molecule has 4 aromatic heterocycles. The van der Waals surface area contributed by atoms with E-state index in [4.69, 9.17) is 4.98 Å². The van der Waals surface area contributed by atoms with Gasteiger partial charge in [0.05, 0.1) is 22.1 Å². The van der Waals surface area contributed by atoms with Gasteiger partial charge in [0.15, 0.2) is 10.8 Å². The average Bonchev–Trinajstić information content (AvgIpc) is 3.46. The molecule has 2 aliphatic heterocycles. The number of aromatic nitrogens is 4. The first-order valence-electron chi connectivity index (χ1n) is 11.0. The normalized spacial score (nSPS) is 19.1. The summed E-state index contributed by atoms with van der Waals surface area (Å²) in [4.78, 5) is 14.7. The molecule has 0 bridgehead atoms. The number of pyridine rings is 2. The molecular formula is C23H26N6S. The number of anilines is 1. The molecule has 0 aliphatic carbocycles. The highest BCUT2D eigenvalue weighted by atomic mass is 32.1. The van der Waals surface area contributed by atoms with Crippen LogP contribution in [-0.4, -0.2) is 56.7 Å². The Morgan fingerprint density at radius 3 is 2.70 bits per heavy atom. The molecule has 0 radical (unpaired) electrons. The van der Waals surface area contributed by atoms with Gasteiger partial charge in [-0.15, -0.1) is 0 Å². The first-order chi connectivity index (χ1) is 14.8. The molecule has 154 valence electrons. The van der Waals surface area contributed by atoms with Crippen molar-refractivity contribution in [3.63, 3.8) is 0 Å². The third-order valence-corrected chi connectivity index (χ3v) is 7.65. The number of nitrogens with zero attached hydrogens (tertiary/aromatic N) is 6. The van der Waals surface area contributed by atoms with Crippen molar-refractivity contribution in [2.45, 2.75) is 38.1 Å². The highest BCUT2D eigenvalue weighted by Crippen LogP contribution is 2.33. The average molecular weight is 419 g/mol. The van der Waals surface area contributed by atoms with Gasteiger partial charge in [0, 0.05) is 30.9 Å². The number of hydrogen-bond donors (Lipinski definition) is 0. The lowest BCUT2D eigenvalue weighted by Gasteiger charge is -2.40. The second kappa shape index (κ2) is 7.63. The summed E-state index contributed by atoms with van der Waals surface area (Å²) >= 11 is 1.77. The minimum Gasteiger partial charge on any atom is -0.348 e. The van der Waals surface area contributed by atoms with E-state index < -0.39 is 0 Å². The molecule has 0 amide bonds. The van der Waals surface area contributed by atoms with Crippen LogP contribution in [0.4, 0.5) is 5.13 Å².